The second-order valence-electron chi connectivity index (χ2n) is 8.54. The molecule has 1 aromatic rings. The lowest BCUT2D eigenvalue weighted by atomic mass is 9.95. The fourth-order valence-corrected chi connectivity index (χ4v) is 2.70. The van der Waals surface area contributed by atoms with Crippen molar-refractivity contribution in [2.24, 2.45) is 5.41 Å². The van der Waals surface area contributed by atoms with Crippen LogP contribution in [0.2, 0.25) is 0 Å². The molecule has 1 atom stereocenters. The molecule has 1 aliphatic rings. The number of amides is 2. The topological polar surface area (TPSA) is 49.4 Å². The lowest BCUT2D eigenvalue weighted by Gasteiger charge is -2.28. The summed E-state index contributed by atoms with van der Waals surface area (Å²) in [5.74, 6) is 0.418. The molecule has 25 heavy (non-hydrogen) atoms. The summed E-state index contributed by atoms with van der Waals surface area (Å²) in [5, 5.41) is 2.86. The number of nitrogens with one attached hydrogen (secondary N) is 1. The highest BCUT2D eigenvalue weighted by molar-refractivity contribution is 5.89. The van der Waals surface area contributed by atoms with Crippen molar-refractivity contribution in [2.75, 3.05) is 0 Å². The van der Waals surface area contributed by atoms with Gasteiger partial charge in [0.05, 0.1) is 0 Å². The molecule has 0 aliphatic heterocycles. The summed E-state index contributed by atoms with van der Waals surface area (Å²) in [6.45, 7) is 12.3. The average molecular weight is 344 g/mol. The van der Waals surface area contributed by atoms with E-state index in [1.54, 1.807) is 6.92 Å². The second kappa shape index (κ2) is 7.59. The minimum absolute atomic E-state index is 0.00744. The van der Waals surface area contributed by atoms with Gasteiger partial charge in [0.15, 0.2) is 0 Å². The van der Waals surface area contributed by atoms with Crippen LogP contribution in [-0.2, 0) is 16.1 Å². The molecule has 0 saturated heterocycles. The van der Waals surface area contributed by atoms with Crippen LogP contribution in [0.5, 0.6) is 0 Å². The Balaban J connectivity index is 2.04. The fraction of sp³-hybridized carbons (Fsp3) is 0.619. The maximum absolute atomic E-state index is 12.9. The Labute approximate surface area is 152 Å². The van der Waals surface area contributed by atoms with E-state index in [1.165, 1.54) is 5.56 Å². The van der Waals surface area contributed by atoms with Crippen molar-refractivity contribution in [3.63, 3.8) is 0 Å². The number of nitrogens with zero attached hydrogens (tertiary/aromatic N) is 1. The van der Waals surface area contributed by atoms with E-state index in [0.717, 1.165) is 18.4 Å². The minimum atomic E-state index is -0.498. The van der Waals surface area contributed by atoms with Gasteiger partial charge in [-0.05, 0) is 36.8 Å². The van der Waals surface area contributed by atoms with Gasteiger partial charge in [-0.1, -0.05) is 58.9 Å². The zero-order valence-electron chi connectivity index (χ0n) is 16.4. The first-order valence-corrected chi connectivity index (χ1v) is 9.30. The molecular formula is C21H32N2O2. The third-order valence-corrected chi connectivity index (χ3v) is 4.67. The standard InChI is InChI=1S/C21H32N2O2/c1-14(2)17-9-7-16(8-10-17)13-23(18-11-12-18)19(24)15(3)22-20(25)21(4,5)6/h7-10,14-15,18H,11-13H2,1-6H3,(H,22,25). The molecule has 1 aliphatic carbocycles. The second-order valence-corrected chi connectivity index (χ2v) is 8.54. The molecule has 1 N–H and O–H groups in total. The number of hydrogen-bond acceptors (Lipinski definition) is 2. The monoisotopic (exact) mass is 344 g/mol. The molecule has 1 fully saturated rings. The maximum atomic E-state index is 12.9. The average Bonchev–Trinajstić information content (AvgIpc) is 3.36. The third-order valence-electron chi connectivity index (χ3n) is 4.67. The summed E-state index contributed by atoms with van der Waals surface area (Å²) in [4.78, 5) is 27.0. The largest absolute Gasteiger partial charge is 0.344 e. The Hall–Kier alpha value is -1.84. The van der Waals surface area contributed by atoms with Crippen molar-refractivity contribution >= 4 is 11.8 Å². The summed E-state index contributed by atoms with van der Waals surface area (Å²) in [6, 6.07) is 8.31. The summed E-state index contributed by atoms with van der Waals surface area (Å²) in [6.07, 6.45) is 2.10. The van der Waals surface area contributed by atoms with Crippen LogP contribution in [0.25, 0.3) is 0 Å². The van der Waals surface area contributed by atoms with Gasteiger partial charge in [-0.15, -0.1) is 0 Å². The maximum Gasteiger partial charge on any atom is 0.245 e. The molecule has 0 aromatic heterocycles. The highest BCUT2D eigenvalue weighted by Crippen LogP contribution is 2.29. The van der Waals surface area contributed by atoms with E-state index in [9.17, 15) is 9.59 Å². The zero-order chi connectivity index (χ0) is 18.8. The number of hydrogen-bond donors (Lipinski definition) is 1. The number of carbonyl (C=O) groups excluding carboxylic acids is 2. The zero-order valence-corrected chi connectivity index (χ0v) is 16.4. The first kappa shape index (κ1) is 19.5. The molecule has 1 aromatic carbocycles. The van der Waals surface area contributed by atoms with E-state index in [-0.39, 0.29) is 11.8 Å². The van der Waals surface area contributed by atoms with Crippen LogP contribution in [0.3, 0.4) is 0 Å². The summed E-state index contributed by atoms with van der Waals surface area (Å²) < 4.78 is 0. The Bertz CT molecular complexity index is 610. The Morgan fingerprint density at radius 1 is 1.12 bits per heavy atom. The van der Waals surface area contributed by atoms with Gasteiger partial charge in [0.25, 0.3) is 0 Å². The smallest absolute Gasteiger partial charge is 0.245 e. The van der Waals surface area contributed by atoms with Gasteiger partial charge >= 0.3 is 0 Å². The van der Waals surface area contributed by atoms with Crippen LogP contribution in [0.15, 0.2) is 24.3 Å². The summed E-state index contributed by atoms with van der Waals surface area (Å²) in [5.41, 5.74) is 1.95. The van der Waals surface area contributed by atoms with Crippen molar-refractivity contribution in [3.8, 4) is 0 Å². The molecule has 4 nitrogen and oxygen atoms in total. The van der Waals surface area contributed by atoms with Crippen LogP contribution in [0.1, 0.15) is 71.4 Å². The molecule has 1 unspecified atom stereocenters. The Morgan fingerprint density at radius 2 is 1.68 bits per heavy atom. The van der Waals surface area contributed by atoms with Crippen molar-refractivity contribution in [1.82, 2.24) is 10.2 Å². The number of rotatable bonds is 6. The normalized spacial score (nSPS) is 15.8. The predicted molar refractivity (Wildman–Crippen MR) is 101 cm³/mol. The molecule has 0 bridgehead atoms. The molecule has 0 heterocycles. The first-order valence-electron chi connectivity index (χ1n) is 9.30. The van der Waals surface area contributed by atoms with Crippen molar-refractivity contribution in [2.45, 2.75) is 78.9 Å². The van der Waals surface area contributed by atoms with E-state index < -0.39 is 11.5 Å². The number of carbonyl (C=O) groups is 2. The van der Waals surface area contributed by atoms with E-state index in [1.807, 2.05) is 25.7 Å². The Kier molecular flexibility index (Phi) is 5.91. The molecule has 0 spiro atoms. The van der Waals surface area contributed by atoms with E-state index >= 15 is 0 Å². The van der Waals surface area contributed by atoms with Gasteiger partial charge in [-0.3, -0.25) is 9.59 Å². The third kappa shape index (κ3) is 5.32. The lowest BCUT2D eigenvalue weighted by molar-refractivity contribution is -0.139. The van der Waals surface area contributed by atoms with Crippen LogP contribution >= 0.6 is 0 Å². The fourth-order valence-electron chi connectivity index (χ4n) is 2.70. The molecule has 1 saturated carbocycles. The molecular weight excluding hydrogens is 312 g/mol. The molecule has 138 valence electrons. The predicted octanol–water partition coefficient (Wildman–Crippen LogP) is 3.85. The molecule has 2 rings (SSSR count). The van der Waals surface area contributed by atoms with E-state index in [4.69, 9.17) is 0 Å². The van der Waals surface area contributed by atoms with Crippen molar-refractivity contribution < 1.29 is 9.59 Å². The van der Waals surface area contributed by atoms with Crippen LogP contribution < -0.4 is 5.32 Å². The quantitative estimate of drug-likeness (QED) is 0.852. The van der Waals surface area contributed by atoms with Gasteiger partial charge in [-0.25, -0.2) is 0 Å². The van der Waals surface area contributed by atoms with E-state index in [0.29, 0.717) is 18.5 Å². The Morgan fingerprint density at radius 3 is 2.12 bits per heavy atom. The number of benzene rings is 1. The van der Waals surface area contributed by atoms with E-state index in [2.05, 4.69) is 43.4 Å². The highest BCUT2D eigenvalue weighted by Gasteiger charge is 2.35. The van der Waals surface area contributed by atoms with Gasteiger partial charge in [-0.2, -0.15) is 0 Å². The highest BCUT2D eigenvalue weighted by atomic mass is 16.2. The van der Waals surface area contributed by atoms with Gasteiger partial charge < -0.3 is 10.2 Å². The van der Waals surface area contributed by atoms with Gasteiger partial charge in [0, 0.05) is 18.0 Å². The van der Waals surface area contributed by atoms with Gasteiger partial charge in [0.2, 0.25) is 11.8 Å². The summed E-state index contributed by atoms with van der Waals surface area (Å²) >= 11 is 0. The SMILES string of the molecule is CC(NC(=O)C(C)(C)C)C(=O)N(Cc1ccc(C(C)C)cc1)C1CC1. The lowest BCUT2D eigenvalue weighted by Crippen LogP contribution is -2.50. The van der Waals surface area contributed by atoms with Crippen molar-refractivity contribution in [1.29, 1.82) is 0 Å². The first-order chi connectivity index (χ1) is 11.6. The van der Waals surface area contributed by atoms with Gasteiger partial charge in [0.1, 0.15) is 6.04 Å². The molecule has 4 heteroatoms. The van der Waals surface area contributed by atoms with Crippen molar-refractivity contribution in [3.05, 3.63) is 35.4 Å². The molecule has 2 amide bonds. The van der Waals surface area contributed by atoms with Crippen LogP contribution in [0, 0.1) is 5.41 Å². The summed E-state index contributed by atoms with van der Waals surface area (Å²) in [7, 11) is 0. The molecule has 0 radical (unpaired) electrons. The minimum Gasteiger partial charge on any atom is -0.344 e. The van der Waals surface area contributed by atoms with Crippen LogP contribution in [-0.4, -0.2) is 28.8 Å². The van der Waals surface area contributed by atoms with Crippen LogP contribution in [0.4, 0.5) is 0 Å².